The summed E-state index contributed by atoms with van der Waals surface area (Å²) in [6.07, 6.45) is 6.25. The van der Waals surface area contributed by atoms with Gasteiger partial charge in [0.1, 0.15) is 0 Å². The summed E-state index contributed by atoms with van der Waals surface area (Å²) in [6, 6.07) is 0.483. The van der Waals surface area contributed by atoms with Gasteiger partial charge in [-0.2, -0.15) is 0 Å². The molecule has 0 aromatic carbocycles. The Morgan fingerprint density at radius 1 is 1.35 bits per heavy atom. The first-order valence-electron chi connectivity index (χ1n) is 6.66. The zero-order chi connectivity index (χ0) is 12.3. The molecule has 4 heteroatoms. The van der Waals surface area contributed by atoms with Gasteiger partial charge in [-0.1, -0.05) is 6.42 Å². The van der Waals surface area contributed by atoms with Gasteiger partial charge in [-0.3, -0.25) is 0 Å². The van der Waals surface area contributed by atoms with E-state index in [1.165, 1.54) is 32.4 Å². The minimum Gasteiger partial charge on any atom is -0.359 e. The minimum atomic E-state index is 0.483. The molecule has 1 aromatic rings. The third kappa shape index (κ3) is 3.00. The smallest absolute Gasteiger partial charge is 0.203 e. The van der Waals surface area contributed by atoms with Crippen molar-refractivity contribution in [2.45, 2.75) is 39.2 Å². The Labute approximate surface area is 104 Å². The highest BCUT2D eigenvalue weighted by Gasteiger charge is 2.16. The summed E-state index contributed by atoms with van der Waals surface area (Å²) >= 11 is 0. The molecule has 1 unspecified atom stereocenters. The standard InChI is InChI=1S/C13H24N4/c1-11-9-17(13(14-3)15-11)12(2)10-16-7-5-4-6-8-16/h9,12H,4-8,10H2,1-3H3,(H,14,15). The molecular weight excluding hydrogens is 212 g/mol. The van der Waals surface area contributed by atoms with Crippen LogP contribution in [0.3, 0.4) is 0 Å². The predicted octanol–water partition coefficient (Wildman–Crippen LogP) is 2.28. The first-order valence-corrected chi connectivity index (χ1v) is 6.66. The molecule has 1 atom stereocenters. The fourth-order valence-corrected chi connectivity index (χ4v) is 2.64. The molecule has 1 aliphatic heterocycles. The SMILES string of the molecule is CNc1nc(C)cn1C(C)CN1CCCCC1. The van der Waals surface area contributed by atoms with Gasteiger partial charge in [0.05, 0.1) is 5.69 Å². The maximum absolute atomic E-state index is 4.48. The van der Waals surface area contributed by atoms with Crippen molar-refractivity contribution in [1.82, 2.24) is 14.5 Å². The van der Waals surface area contributed by atoms with Crippen molar-refractivity contribution in [2.24, 2.45) is 0 Å². The molecule has 1 aliphatic rings. The highest BCUT2D eigenvalue weighted by molar-refractivity contribution is 5.28. The summed E-state index contributed by atoms with van der Waals surface area (Å²) in [6.45, 7) is 7.96. The van der Waals surface area contributed by atoms with Gasteiger partial charge < -0.3 is 14.8 Å². The van der Waals surface area contributed by atoms with Crippen LogP contribution in [0.15, 0.2) is 6.20 Å². The van der Waals surface area contributed by atoms with Crippen molar-refractivity contribution in [3.8, 4) is 0 Å². The first-order chi connectivity index (χ1) is 8.20. The van der Waals surface area contributed by atoms with Crippen LogP contribution in [0, 0.1) is 6.92 Å². The molecule has 0 radical (unpaired) electrons. The summed E-state index contributed by atoms with van der Waals surface area (Å²) < 4.78 is 2.25. The third-order valence-electron chi connectivity index (χ3n) is 3.52. The number of hydrogen-bond donors (Lipinski definition) is 1. The molecule has 2 heterocycles. The van der Waals surface area contributed by atoms with E-state index < -0.39 is 0 Å². The third-order valence-corrected chi connectivity index (χ3v) is 3.52. The average molecular weight is 236 g/mol. The quantitative estimate of drug-likeness (QED) is 0.870. The zero-order valence-corrected chi connectivity index (χ0v) is 11.2. The molecule has 0 aliphatic carbocycles. The molecule has 96 valence electrons. The van der Waals surface area contributed by atoms with E-state index in [9.17, 15) is 0 Å². The van der Waals surface area contributed by atoms with Crippen LogP contribution in [0.4, 0.5) is 5.95 Å². The normalized spacial score (nSPS) is 19.2. The molecule has 0 amide bonds. The fourth-order valence-electron chi connectivity index (χ4n) is 2.64. The number of likely N-dealkylation sites (tertiary alicyclic amines) is 1. The van der Waals surface area contributed by atoms with Crippen molar-refractivity contribution in [3.05, 3.63) is 11.9 Å². The minimum absolute atomic E-state index is 0.483. The number of anilines is 1. The highest BCUT2D eigenvalue weighted by atomic mass is 15.2. The first kappa shape index (κ1) is 12.4. The Morgan fingerprint density at radius 2 is 2.06 bits per heavy atom. The monoisotopic (exact) mass is 236 g/mol. The summed E-state index contributed by atoms with van der Waals surface area (Å²) in [5.41, 5.74) is 1.08. The molecule has 0 spiro atoms. The summed E-state index contributed by atoms with van der Waals surface area (Å²) in [5.74, 6) is 0.979. The number of aryl methyl sites for hydroxylation is 1. The van der Waals surface area contributed by atoms with Crippen LogP contribution >= 0.6 is 0 Å². The number of hydrogen-bond acceptors (Lipinski definition) is 3. The van der Waals surface area contributed by atoms with Crippen LogP contribution < -0.4 is 5.32 Å². The van der Waals surface area contributed by atoms with E-state index >= 15 is 0 Å². The van der Waals surface area contributed by atoms with Crippen LogP contribution in [-0.2, 0) is 0 Å². The van der Waals surface area contributed by atoms with E-state index in [1.54, 1.807) is 0 Å². The largest absolute Gasteiger partial charge is 0.359 e. The van der Waals surface area contributed by atoms with Crippen LogP contribution in [0.5, 0.6) is 0 Å². The number of piperidine rings is 1. The van der Waals surface area contributed by atoms with Gasteiger partial charge in [0, 0.05) is 25.8 Å². The molecule has 4 nitrogen and oxygen atoms in total. The Kier molecular flexibility index (Phi) is 4.05. The van der Waals surface area contributed by atoms with Gasteiger partial charge in [-0.15, -0.1) is 0 Å². The number of nitrogens with one attached hydrogen (secondary N) is 1. The summed E-state index contributed by atoms with van der Waals surface area (Å²) in [7, 11) is 1.94. The molecule has 17 heavy (non-hydrogen) atoms. The molecule has 1 saturated heterocycles. The molecule has 0 bridgehead atoms. The van der Waals surface area contributed by atoms with Crippen LogP contribution in [0.25, 0.3) is 0 Å². The maximum Gasteiger partial charge on any atom is 0.203 e. The Morgan fingerprint density at radius 3 is 2.71 bits per heavy atom. The van der Waals surface area contributed by atoms with Crippen molar-refractivity contribution in [2.75, 3.05) is 32.0 Å². The highest BCUT2D eigenvalue weighted by Crippen LogP contribution is 2.18. The number of imidazole rings is 1. The van der Waals surface area contributed by atoms with Gasteiger partial charge in [-0.25, -0.2) is 4.98 Å². The van der Waals surface area contributed by atoms with E-state index in [-0.39, 0.29) is 0 Å². The number of aromatic nitrogens is 2. The molecular formula is C13H24N4. The number of rotatable bonds is 4. The Balaban J connectivity index is 2.00. The molecule has 1 aromatic heterocycles. The molecule has 1 fully saturated rings. The lowest BCUT2D eigenvalue weighted by Gasteiger charge is -2.29. The van der Waals surface area contributed by atoms with Gasteiger partial charge in [0.2, 0.25) is 5.95 Å². The van der Waals surface area contributed by atoms with Crippen LogP contribution in [-0.4, -0.2) is 41.1 Å². The lowest BCUT2D eigenvalue weighted by molar-refractivity contribution is 0.202. The van der Waals surface area contributed by atoms with E-state index in [4.69, 9.17) is 0 Å². The van der Waals surface area contributed by atoms with Crippen LogP contribution in [0.2, 0.25) is 0 Å². The molecule has 2 rings (SSSR count). The zero-order valence-electron chi connectivity index (χ0n) is 11.2. The van der Waals surface area contributed by atoms with Gasteiger partial charge in [-0.05, 0) is 39.8 Å². The second kappa shape index (κ2) is 5.54. The fraction of sp³-hybridized carbons (Fsp3) is 0.769. The van der Waals surface area contributed by atoms with Gasteiger partial charge in [0.15, 0.2) is 0 Å². The predicted molar refractivity (Wildman–Crippen MR) is 71.5 cm³/mol. The van der Waals surface area contributed by atoms with Gasteiger partial charge >= 0.3 is 0 Å². The Hall–Kier alpha value is -1.03. The summed E-state index contributed by atoms with van der Waals surface area (Å²) in [4.78, 5) is 7.05. The number of nitrogens with zero attached hydrogens (tertiary/aromatic N) is 3. The van der Waals surface area contributed by atoms with Crippen LogP contribution in [0.1, 0.15) is 37.9 Å². The van der Waals surface area contributed by atoms with Crippen molar-refractivity contribution < 1.29 is 0 Å². The van der Waals surface area contributed by atoms with E-state index in [0.717, 1.165) is 18.2 Å². The van der Waals surface area contributed by atoms with Crippen molar-refractivity contribution in [1.29, 1.82) is 0 Å². The summed E-state index contributed by atoms with van der Waals surface area (Å²) in [5, 5.41) is 3.17. The lowest BCUT2D eigenvalue weighted by atomic mass is 10.1. The lowest BCUT2D eigenvalue weighted by Crippen LogP contribution is -2.34. The topological polar surface area (TPSA) is 33.1 Å². The molecule has 1 N–H and O–H groups in total. The second-order valence-corrected chi connectivity index (χ2v) is 5.07. The van der Waals surface area contributed by atoms with Gasteiger partial charge in [0.25, 0.3) is 0 Å². The maximum atomic E-state index is 4.48. The van der Waals surface area contributed by atoms with E-state index in [0.29, 0.717) is 6.04 Å². The molecule has 0 saturated carbocycles. The van der Waals surface area contributed by atoms with Crippen molar-refractivity contribution >= 4 is 5.95 Å². The average Bonchev–Trinajstić information content (AvgIpc) is 2.72. The van der Waals surface area contributed by atoms with E-state index in [1.807, 2.05) is 14.0 Å². The second-order valence-electron chi connectivity index (χ2n) is 5.07. The van der Waals surface area contributed by atoms with Crippen molar-refractivity contribution in [3.63, 3.8) is 0 Å². The van der Waals surface area contributed by atoms with E-state index in [2.05, 4.69) is 32.9 Å². The Bertz CT molecular complexity index is 352.